The summed E-state index contributed by atoms with van der Waals surface area (Å²) in [6, 6.07) is 15.7. The number of nitrogens with zero attached hydrogens (tertiary/aromatic N) is 3. The number of allylic oxidation sites excluding steroid dienone is 1. The largest absolute Gasteiger partial charge is 0.494 e. The van der Waals surface area contributed by atoms with E-state index in [1.807, 2.05) is 16.7 Å². The van der Waals surface area contributed by atoms with Crippen LogP contribution >= 0.6 is 23.4 Å². The molecule has 1 heterocycles. The molecule has 0 unspecified atom stereocenters. The normalized spacial score (nSPS) is 11.4. The van der Waals surface area contributed by atoms with Gasteiger partial charge >= 0.3 is 0 Å². The van der Waals surface area contributed by atoms with Gasteiger partial charge in [0.2, 0.25) is 0 Å². The van der Waals surface area contributed by atoms with Crippen LogP contribution in [0.5, 0.6) is 5.75 Å². The molecule has 0 spiro atoms. The van der Waals surface area contributed by atoms with Crippen LogP contribution in [0.1, 0.15) is 18.7 Å². The Labute approximate surface area is 192 Å². The first-order chi connectivity index (χ1) is 15.0. The molecule has 0 bridgehead atoms. The van der Waals surface area contributed by atoms with E-state index in [0.717, 1.165) is 24.3 Å². The molecule has 0 saturated carbocycles. The maximum atomic E-state index is 12.7. The van der Waals surface area contributed by atoms with Crippen LogP contribution in [-0.4, -0.2) is 35.5 Å². The van der Waals surface area contributed by atoms with Crippen molar-refractivity contribution in [2.24, 2.45) is 0 Å². The van der Waals surface area contributed by atoms with Gasteiger partial charge in [-0.3, -0.25) is 0 Å². The van der Waals surface area contributed by atoms with Crippen molar-refractivity contribution in [3.05, 3.63) is 78.1 Å². The maximum absolute atomic E-state index is 12.7. The van der Waals surface area contributed by atoms with Crippen molar-refractivity contribution in [1.29, 1.82) is 0 Å². The molecule has 0 aliphatic heterocycles. The number of aromatic nitrogens is 3. The Morgan fingerprint density at radius 2 is 1.81 bits per heavy atom. The summed E-state index contributed by atoms with van der Waals surface area (Å²) in [7, 11) is -3.49. The predicted octanol–water partition coefficient (Wildman–Crippen LogP) is 5.04. The molecular formula is C22H24ClN3O3S2. The minimum absolute atomic E-state index is 0.201. The lowest BCUT2D eigenvalue weighted by molar-refractivity contribution is 0.310. The zero-order chi connectivity index (χ0) is 22.1. The van der Waals surface area contributed by atoms with Crippen molar-refractivity contribution in [3.63, 3.8) is 0 Å². The third-order valence-corrected chi connectivity index (χ3v) is 7.31. The van der Waals surface area contributed by atoms with Gasteiger partial charge in [0.25, 0.3) is 0 Å². The Kier molecular flexibility index (Phi) is 8.57. The second kappa shape index (κ2) is 11.4. The van der Waals surface area contributed by atoms with Gasteiger partial charge in [-0.25, -0.2) is 8.42 Å². The van der Waals surface area contributed by atoms with Gasteiger partial charge < -0.3 is 9.30 Å². The van der Waals surface area contributed by atoms with E-state index in [1.165, 1.54) is 0 Å². The zero-order valence-corrected chi connectivity index (χ0v) is 19.4. The van der Waals surface area contributed by atoms with E-state index in [1.54, 1.807) is 60.3 Å². The van der Waals surface area contributed by atoms with Crippen LogP contribution in [0, 0.1) is 0 Å². The van der Waals surface area contributed by atoms with Crippen molar-refractivity contribution in [2.45, 2.75) is 35.2 Å². The molecule has 0 amide bonds. The summed E-state index contributed by atoms with van der Waals surface area (Å²) in [4.78, 5) is 0.276. The molecule has 0 atom stereocenters. The van der Waals surface area contributed by atoms with E-state index in [-0.39, 0.29) is 10.6 Å². The predicted molar refractivity (Wildman–Crippen MR) is 124 cm³/mol. The summed E-state index contributed by atoms with van der Waals surface area (Å²) in [5.74, 6) is 1.84. The van der Waals surface area contributed by atoms with E-state index in [4.69, 9.17) is 16.3 Å². The first kappa shape index (κ1) is 23.4. The monoisotopic (exact) mass is 477 g/mol. The minimum atomic E-state index is -3.49. The van der Waals surface area contributed by atoms with Crippen LogP contribution in [0.2, 0.25) is 5.02 Å². The molecule has 3 aromatic rings. The first-order valence-corrected chi connectivity index (χ1v) is 12.8. The number of benzene rings is 2. The number of thioether (sulfide) groups is 1. The molecule has 0 saturated heterocycles. The summed E-state index contributed by atoms with van der Waals surface area (Å²) in [6.07, 6.45) is 3.53. The van der Waals surface area contributed by atoms with Crippen LogP contribution in [0.25, 0.3) is 0 Å². The highest BCUT2D eigenvalue weighted by molar-refractivity contribution is 7.99. The van der Waals surface area contributed by atoms with Crippen LogP contribution in [0.3, 0.4) is 0 Å². The van der Waals surface area contributed by atoms with Crippen molar-refractivity contribution < 1.29 is 13.2 Å². The summed E-state index contributed by atoms with van der Waals surface area (Å²) in [6.45, 7) is 4.83. The van der Waals surface area contributed by atoms with Crippen molar-refractivity contribution in [3.8, 4) is 5.75 Å². The van der Waals surface area contributed by atoms with Gasteiger partial charge in [-0.2, -0.15) is 0 Å². The van der Waals surface area contributed by atoms with Gasteiger partial charge in [0.15, 0.2) is 15.0 Å². The molecule has 0 N–H and O–H groups in total. The average molecular weight is 478 g/mol. The van der Waals surface area contributed by atoms with E-state index in [9.17, 15) is 8.42 Å². The van der Waals surface area contributed by atoms with Crippen molar-refractivity contribution in [1.82, 2.24) is 14.8 Å². The highest BCUT2D eigenvalue weighted by Crippen LogP contribution is 2.22. The van der Waals surface area contributed by atoms with Gasteiger partial charge in [0.05, 0.1) is 11.5 Å². The van der Waals surface area contributed by atoms with Gasteiger partial charge in [-0.05, 0) is 49.2 Å². The molecule has 9 heteroatoms. The van der Waals surface area contributed by atoms with Gasteiger partial charge in [0, 0.05) is 17.3 Å². The number of halogens is 1. The summed E-state index contributed by atoms with van der Waals surface area (Å²) in [5.41, 5.74) is 0. The molecule has 0 fully saturated rings. The Hall–Kier alpha value is -2.29. The molecule has 3 rings (SSSR count). The number of sulfone groups is 1. The van der Waals surface area contributed by atoms with Crippen LogP contribution in [0.15, 0.2) is 77.3 Å². The van der Waals surface area contributed by atoms with E-state index in [0.29, 0.717) is 29.2 Å². The molecular weight excluding hydrogens is 454 g/mol. The van der Waals surface area contributed by atoms with E-state index in [2.05, 4.69) is 16.8 Å². The highest BCUT2D eigenvalue weighted by Gasteiger charge is 2.21. The van der Waals surface area contributed by atoms with Gasteiger partial charge in [-0.15, -0.1) is 16.8 Å². The van der Waals surface area contributed by atoms with Crippen LogP contribution < -0.4 is 4.74 Å². The number of unbranched alkanes of at least 4 members (excludes halogenated alkanes) is 1. The molecule has 164 valence electrons. The fourth-order valence-electron chi connectivity index (χ4n) is 2.81. The Morgan fingerprint density at radius 1 is 1.06 bits per heavy atom. The Bertz CT molecular complexity index is 1080. The summed E-state index contributed by atoms with van der Waals surface area (Å²) >= 11 is 7.42. The van der Waals surface area contributed by atoms with Gasteiger partial charge in [-0.1, -0.05) is 47.6 Å². The number of hydrogen-bond acceptors (Lipinski definition) is 6. The van der Waals surface area contributed by atoms with Crippen molar-refractivity contribution >= 4 is 33.2 Å². The maximum Gasteiger partial charge on any atom is 0.191 e. The van der Waals surface area contributed by atoms with Gasteiger partial charge in [0.1, 0.15) is 17.3 Å². The van der Waals surface area contributed by atoms with Crippen LogP contribution in [-0.2, 0) is 22.1 Å². The van der Waals surface area contributed by atoms with E-state index >= 15 is 0 Å². The fourth-order valence-corrected chi connectivity index (χ4v) is 5.20. The second-order valence-corrected chi connectivity index (χ2v) is 10.2. The number of rotatable bonds is 12. The zero-order valence-electron chi connectivity index (χ0n) is 17.0. The molecule has 0 aliphatic rings. The lowest BCUT2D eigenvalue weighted by Crippen LogP contribution is -2.11. The molecule has 0 radical (unpaired) electrons. The van der Waals surface area contributed by atoms with Crippen molar-refractivity contribution in [2.75, 3.05) is 12.4 Å². The first-order valence-electron chi connectivity index (χ1n) is 9.81. The standard InChI is InChI=1S/C22H24ClN3O3S2/c1-2-14-26-21(17-31(27,28)20-8-4-3-5-9-20)24-25-22(26)30-16-7-6-15-29-19-12-10-18(23)11-13-19/h2-5,8-13H,1,6-7,14-17H2. The van der Waals surface area contributed by atoms with E-state index < -0.39 is 9.84 Å². The third-order valence-electron chi connectivity index (χ3n) is 4.38. The molecule has 31 heavy (non-hydrogen) atoms. The molecule has 6 nitrogen and oxygen atoms in total. The lowest BCUT2D eigenvalue weighted by atomic mass is 10.3. The third kappa shape index (κ3) is 6.85. The summed E-state index contributed by atoms with van der Waals surface area (Å²) < 4.78 is 32.9. The molecule has 0 aliphatic carbocycles. The molecule has 1 aromatic heterocycles. The Balaban J connectivity index is 1.53. The Morgan fingerprint density at radius 3 is 2.52 bits per heavy atom. The number of hydrogen-bond donors (Lipinski definition) is 0. The highest BCUT2D eigenvalue weighted by atomic mass is 35.5. The number of ether oxygens (including phenoxy) is 1. The second-order valence-electron chi connectivity index (χ2n) is 6.73. The molecule has 2 aromatic carbocycles. The summed E-state index contributed by atoms with van der Waals surface area (Å²) in [5, 5.41) is 9.72. The topological polar surface area (TPSA) is 74.1 Å². The SMILES string of the molecule is C=CCn1c(CS(=O)(=O)c2ccccc2)nnc1SCCCCOc1ccc(Cl)cc1. The quantitative estimate of drug-likeness (QED) is 0.206. The smallest absolute Gasteiger partial charge is 0.191 e. The average Bonchev–Trinajstić information content (AvgIpc) is 3.13. The minimum Gasteiger partial charge on any atom is -0.494 e. The lowest BCUT2D eigenvalue weighted by Gasteiger charge is -2.09. The van der Waals surface area contributed by atoms with Crippen LogP contribution in [0.4, 0.5) is 0 Å². The fraction of sp³-hybridized carbons (Fsp3) is 0.273.